The summed E-state index contributed by atoms with van der Waals surface area (Å²) >= 11 is 0. The van der Waals surface area contributed by atoms with E-state index in [1.54, 1.807) is 6.20 Å². The number of ether oxygens (including phenoxy) is 1. The monoisotopic (exact) mass is 439 g/mol. The third-order valence-electron chi connectivity index (χ3n) is 5.19. The molecule has 0 aliphatic carbocycles. The Morgan fingerprint density at radius 2 is 1.78 bits per heavy atom. The Labute approximate surface area is 177 Å². The van der Waals surface area contributed by atoms with E-state index in [-0.39, 0.29) is 55.1 Å². The van der Waals surface area contributed by atoms with Crippen LogP contribution in [0.15, 0.2) is 17.1 Å². The third-order valence-corrected chi connectivity index (χ3v) is 5.19. The fourth-order valence-electron chi connectivity index (χ4n) is 3.77. The Balaban J connectivity index is 0.00000121. The van der Waals surface area contributed by atoms with Gasteiger partial charge in [0.05, 0.1) is 11.7 Å². The molecule has 2 saturated heterocycles. The standard InChI is InChI=1S/C17H25N5O2.3ClH/c1-21-8-4-13(5-9-21)24-14-10-15-16(19-11-14)20-17(23)22(15)12-2-6-18-7-3-12;;;/h10-13,18H,2-9H2,1H3,(H,19,20,23);3*1H. The van der Waals surface area contributed by atoms with Gasteiger partial charge in [0.15, 0.2) is 5.65 Å². The molecule has 2 aromatic heterocycles. The van der Waals surface area contributed by atoms with Crippen LogP contribution in [0.25, 0.3) is 11.2 Å². The second-order valence-corrected chi connectivity index (χ2v) is 6.94. The van der Waals surface area contributed by atoms with Crippen LogP contribution in [0.5, 0.6) is 5.75 Å². The number of fused-ring (bicyclic) bond motifs is 1. The summed E-state index contributed by atoms with van der Waals surface area (Å²) in [6.45, 7) is 4.01. The molecule has 0 radical (unpaired) electrons. The van der Waals surface area contributed by atoms with Crippen molar-refractivity contribution in [3.63, 3.8) is 0 Å². The van der Waals surface area contributed by atoms with Crippen molar-refractivity contribution in [1.29, 1.82) is 0 Å². The minimum Gasteiger partial charge on any atom is -0.489 e. The van der Waals surface area contributed by atoms with Crippen molar-refractivity contribution >= 4 is 48.4 Å². The van der Waals surface area contributed by atoms with Crippen LogP contribution in [-0.2, 0) is 0 Å². The van der Waals surface area contributed by atoms with Gasteiger partial charge in [-0.3, -0.25) is 9.55 Å². The molecule has 0 saturated carbocycles. The van der Waals surface area contributed by atoms with Gasteiger partial charge in [0, 0.05) is 25.2 Å². The van der Waals surface area contributed by atoms with Crippen molar-refractivity contribution in [2.75, 3.05) is 33.2 Å². The number of aromatic nitrogens is 3. The number of hydrogen-bond acceptors (Lipinski definition) is 5. The van der Waals surface area contributed by atoms with E-state index in [0.29, 0.717) is 5.65 Å². The second-order valence-electron chi connectivity index (χ2n) is 6.94. The highest BCUT2D eigenvalue weighted by atomic mass is 35.5. The van der Waals surface area contributed by atoms with Crippen LogP contribution in [0.3, 0.4) is 0 Å². The van der Waals surface area contributed by atoms with E-state index in [9.17, 15) is 4.79 Å². The first-order valence-electron chi connectivity index (χ1n) is 8.87. The average Bonchev–Trinajstić information content (AvgIpc) is 2.93. The van der Waals surface area contributed by atoms with E-state index in [1.165, 1.54) is 0 Å². The van der Waals surface area contributed by atoms with Gasteiger partial charge in [0.25, 0.3) is 0 Å². The normalized spacial score (nSPS) is 19.0. The zero-order chi connectivity index (χ0) is 16.5. The molecule has 4 rings (SSSR count). The SMILES string of the molecule is CN1CCC(Oc2cnc3[nH]c(=O)n(C4CCNCC4)c3c2)CC1.Cl.Cl.Cl. The zero-order valence-corrected chi connectivity index (χ0v) is 17.8. The number of nitrogens with one attached hydrogen (secondary N) is 2. The van der Waals surface area contributed by atoms with E-state index < -0.39 is 0 Å². The molecule has 10 heteroatoms. The molecule has 0 bridgehead atoms. The summed E-state index contributed by atoms with van der Waals surface area (Å²) in [5, 5.41) is 3.34. The van der Waals surface area contributed by atoms with Gasteiger partial charge >= 0.3 is 5.69 Å². The molecule has 0 spiro atoms. The molecule has 7 nitrogen and oxygen atoms in total. The first-order valence-corrected chi connectivity index (χ1v) is 8.87. The summed E-state index contributed by atoms with van der Waals surface area (Å²) in [7, 11) is 2.14. The number of aromatic amines is 1. The van der Waals surface area contributed by atoms with Gasteiger partial charge in [-0.1, -0.05) is 0 Å². The first kappa shape index (κ1) is 24.0. The molecule has 0 amide bonds. The quantitative estimate of drug-likeness (QED) is 0.766. The van der Waals surface area contributed by atoms with Crippen LogP contribution in [0, 0.1) is 0 Å². The highest BCUT2D eigenvalue weighted by Gasteiger charge is 2.22. The first-order chi connectivity index (χ1) is 11.7. The van der Waals surface area contributed by atoms with E-state index in [4.69, 9.17) is 4.74 Å². The number of H-pyrrole nitrogens is 1. The van der Waals surface area contributed by atoms with Crippen LogP contribution < -0.4 is 15.7 Å². The largest absolute Gasteiger partial charge is 0.489 e. The Morgan fingerprint density at radius 3 is 2.44 bits per heavy atom. The Morgan fingerprint density at radius 1 is 1.11 bits per heavy atom. The molecule has 0 atom stereocenters. The summed E-state index contributed by atoms with van der Waals surface area (Å²) in [5.41, 5.74) is 1.44. The van der Waals surface area contributed by atoms with Crippen molar-refractivity contribution in [3.05, 3.63) is 22.7 Å². The highest BCUT2D eigenvalue weighted by Crippen LogP contribution is 2.25. The lowest BCUT2D eigenvalue weighted by Crippen LogP contribution is -2.35. The van der Waals surface area contributed by atoms with E-state index in [1.807, 2.05) is 10.6 Å². The van der Waals surface area contributed by atoms with Crippen molar-refractivity contribution in [1.82, 2.24) is 24.8 Å². The highest BCUT2D eigenvalue weighted by molar-refractivity contribution is 5.86. The van der Waals surface area contributed by atoms with Crippen LogP contribution in [-0.4, -0.2) is 58.8 Å². The molecule has 154 valence electrons. The van der Waals surface area contributed by atoms with Gasteiger partial charge in [0.1, 0.15) is 11.9 Å². The van der Waals surface area contributed by atoms with E-state index in [0.717, 1.165) is 63.1 Å². The molecule has 2 N–H and O–H groups in total. The zero-order valence-electron chi connectivity index (χ0n) is 15.3. The summed E-state index contributed by atoms with van der Waals surface area (Å²) < 4.78 is 8.00. The Bertz CT molecular complexity index is 768. The number of halogens is 3. The molecule has 4 heterocycles. The van der Waals surface area contributed by atoms with Crippen molar-refractivity contribution in [2.45, 2.75) is 37.8 Å². The molecule has 27 heavy (non-hydrogen) atoms. The molecular weight excluding hydrogens is 413 g/mol. The number of pyridine rings is 1. The summed E-state index contributed by atoms with van der Waals surface area (Å²) in [6.07, 6.45) is 5.95. The fourth-order valence-corrected chi connectivity index (χ4v) is 3.77. The second kappa shape index (κ2) is 10.5. The van der Waals surface area contributed by atoms with Crippen LogP contribution in [0.1, 0.15) is 31.7 Å². The maximum atomic E-state index is 12.4. The van der Waals surface area contributed by atoms with E-state index >= 15 is 0 Å². The minimum absolute atomic E-state index is 0. The Kier molecular flexibility index (Phi) is 9.38. The Hall–Kier alpha value is -0.990. The molecular formula is C17H28Cl3N5O2. The molecule has 0 unspecified atom stereocenters. The van der Waals surface area contributed by atoms with Crippen LogP contribution in [0.2, 0.25) is 0 Å². The predicted octanol–water partition coefficient (Wildman–Crippen LogP) is 2.39. The lowest BCUT2D eigenvalue weighted by molar-refractivity contribution is 0.114. The lowest BCUT2D eigenvalue weighted by atomic mass is 10.1. The molecule has 0 aromatic carbocycles. The summed E-state index contributed by atoms with van der Waals surface area (Å²) in [4.78, 5) is 22.0. The van der Waals surface area contributed by atoms with Crippen LogP contribution in [0.4, 0.5) is 0 Å². The molecule has 2 aromatic rings. The van der Waals surface area contributed by atoms with Gasteiger partial charge in [-0.15, -0.1) is 37.2 Å². The molecule has 2 aliphatic rings. The number of rotatable bonds is 3. The maximum absolute atomic E-state index is 12.4. The number of likely N-dealkylation sites (tertiary alicyclic amines) is 1. The number of imidazole rings is 1. The summed E-state index contributed by atoms with van der Waals surface area (Å²) in [5.74, 6) is 0.763. The number of hydrogen-bond donors (Lipinski definition) is 2. The smallest absolute Gasteiger partial charge is 0.327 e. The maximum Gasteiger partial charge on any atom is 0.327 e. The minimum atomic E-state index is -0.0687. The molecule has 2 fully saturated rings. The van der Waals surface area contributed by atoms with Crippen molar-refractivity contribution in [2.24, 2.45) is 0 Å². The van der Waals surface area contributed by atoms with Crippen LogP contribution >= 0.6 is 37.2 Å². The van der Waals surface area contributed by atoms with Gasteiger partial charge in [-0.2, -0.15) is 0 Å². The topological polar surface area (TPSA) is 75.2 Å². The molecule has 2 aliphatic heterocycles. The van der Waals surface area contributed by atoms with Crippen molar-refractivity contribution < 1.29 is 4.74 Å². The van der Waals surface area contributed by atoms with Gasteiger partial charge in [0.2, 0.25) is 0 Å². The lowest BCUT2D eigenvalue weighted by Gasteiger charge is -2.29. The van der Waals surface area contributed by atoms with Gasteiger partial charge in [-0.05, 0) is 45.8 Å². The summed E-state index contributed by atoms with van der Waals surface area (Å²) in [6, 6.07) is 2.20. The predicted molar refractivity (Wildman–Crippen MR) is 114 cm³/mol. The number of nitrogens with zero attached hydrogens (tertiary/aromatic N) is 3. The van der Waals surface area contributed by atoms with Gasteiger partial charge < -0.3 is 15.0 Å². The third kappa shape index (κ3) is 5.29. The van der Waals surface area contributed by atoms with Crippen molar-refractivity contribution in [3.8, 4) is 5.75 Å². The van der Waals surface area contributed by atoms with Gasteiger partial charge in [-0.25, -0.2) is 9.78 Å². The van der Waals surface area contributed by atoms with E-state index in [2.05, 4.69) is 27.2 Å². The number of piperidine rings is 2. The fraction of sp³-hybridized carbons (Fsp3) is 0.647. The average molecular weight is 441 g/mol.